The fraction of sp³-hybridized carbons (Fsp3) is 0.310. The smallest absolute Gasteiger partial charge is 0.245 e. The van der Waals surface area contributed by atoms with Gasteiger partial charge >= 0.3 is 0 Å². The number of carbonyl (C=O) groups is 1. The number of nitrogens with zero attached hydrogens (tertiary/aromatic N) is 3. The molecule has 1 atom stereocenters. The van der Waals surface area contributed by atoms with E-state index >= 15 is 0 Å². The van der Waals surface area contributed by atoms with Crippen LogP contribution >= 0.6 is 11.3 Å². The first-order valence-electron chi connectivity index (χ1n) is 12.7. The first-order valence-corrected chi connectivity index (χ1v) is 15.0. The summed E-state index contributed by atoms with van der Waals surface area (Å²) in [5.74, 6) is -0.253. The van der Waals surface area contributed by atoms with E-state index in [4.69, 9.17) is 4.74 Å². The van der Waals surface area contributed by atoms with Crippen LogP contribution in [0.3, 0.4) is 0 Å². The van der Waals surface area contributed by atoms with E-state index < -0.39 is 10.0 Å². The van der Waals surface area contributed by atoms with Crippen LogP contribution in [-0.2, 0) is 32.6 Å². The lowest BCUT2D eigenvalue weighted by Crippen LogP contribution is -2.45. The molecule has 2 aromatic heterocycles. The summed E-state index contributed by atoms with van der Waals surface area (Å²) in [7, 11) is -4.04. The number of hydrogen-bond acceptors (Lipinski definition) is 6. The molecule has 0 spiro atoms. The minimum absolute atomic E-state index is 0.102. The van der Waals surface area contributed by atoms with Gasteiger partial charge in [0.1, 0.15) is 4.90 Å². The van der Waals surface area contributed by atoms with Gasteiger partial charge in [0.25, 0.3) is 0 Å². The first kappa shape index (κ1) is 26.5. The summed E-state index contributed by atoms with van der Waals surface area (Å²) in [5, 5.41) is 2.74. The van der Waals surface area contributed by atoms with Crippen molar-refractivity contribution in [3.8, 4) is 0 Å². The molecule has 1 amide bonds. The summed E-state index contributed by atoms with van der Waals surface area (Å²) in [6.07, 6.45) is 2.97. The molecule has 1 aliphatic heterocycles. The van der Waals surface area contributed by atoms with Gasteiger partial charge in [-0.3, -0.25) is 9.78 Å². The molecule has 0 N–H and O–H groups in total. The third-order valence-corrected chi connectivity index (χ3v) is 9.68. The van der Waals surface area contributed by atoms with E-state index in [9.17, 15) is 13.2 Å². The highest BCUT2D eigenvalue weighted by molar-refractivity contribution is 7.89. The van der Waals surface area contributed by atoms with Gasteiger partial charge < -0.3 is 9.64 Å². The van der Waals surface area contributed by atoms with Crippen molar-refractivity contribution in [1.29, 1.82) is 0 Å². The van der Waals surface area contributed by atoms with E-state index in [0.717, 1.165) is 34.2 Å². The monoisotopic (exact) mass is 549 g/mol. The van der Waals surface area contributed by atoms with Gasteiger partial charge in [0, 0.05) is 36.2 Å². The van der Waals surface area contributed by atoms with Gasteiger partial charge in [-0.25, -0.2) is 8.42 Å². The van der Waals surface area contributed by atoms with Crippen LogP contribution in [0.2, 0.25) is 0 Å². The molecular formula is C29H31N3O4S2. The van der Waals surface area contributed by atoms with Crippen LogP contribution in [0, 0.1) is 6.92 Å². The van der Waals surface area contributed by atoms with Crippen LogP contribution in [0.15, 0.2) is 83.2 Å². The summed E-state index contributed by atoms with van der Waals surface area (Å²) in [6.45, 7) is 3.28. The lowest BCUT2D eigenvalue weighted by atomic mass is 10.2. The fourth-order valence-electron chi connectivity index (χ4n) is 4.71. The van der Waals surface area contributed by atoms with Gasteiger partial charge in [0.2, 0.25) is 15.9 Å². The maximum atomic E-state index is 14.1. The number of ether oxygens (including phenoxy) is 1. The molecule has 0 bridgehead atoms. The maximum absolute atomic E-state index is 14.1. The Morgan fingerprint density at radius 2 is 1.87 bits per heavy atom. The van der Waals surface area contributed by atoms with Crippen LogP contribution in [-0.4, -0.2) is 54.3 Å². The molecule has 0 saturated carbocycles. The number of hydrogen-bond donors (Lipinski definition) is 0. The Morgan fingerprint density at radius 3 is 2.61 bits per heavy atom. The largest absolute Gasteiger partial charge is 0.377 e. The Balaban J connectivity index is 1.47. The van der Waals surface area contributed by atoms with Crippen molar-refractivity contribution in [2.24, 2.45) is 0 Å². The van der Waals surface area contributed by atoms with Gasteiger partial charge in [0.15, 0.2) is 0 Å². The standard InChI is InChI=1S/C29H31N3O4S2/c1-22-14-17-37-26(22)20-31(18-23-8-3-2-4-9-23)28(33)21-32(19-25-12-7-16-36-25)38(34,35)27-13-5-10-24-11-6-15-30-29(24)27/h2-6,8-11,13-15,17,25H,7,12,16,18-21H2,1H3. The third-order valence-electron chi connectivity index (χ3n) is 6.83. The molecule has 1 aliphatic rings. The van der Waals surface area contributed by atoms with Crippen LogP contribution in [0.25, 0.3) is 10.9 Å². The van der Waals surface area contributed by atoms with E-state index in [1.165, 1.54) is 4.31 Å². The SMILES string of the molecule is Cc1ccsc1CN(Cc1ccccc1)C(=O)CN(CC1CCCO1)S(=O)(=O)c1cccc2cccnc12. The first-order chi connectivity index (χ1) is 18.4. The lowest BCUT2D eigenvalue weighted by molar-refractivity contribution is -0.132. The van der Waals surface area contributed by atoms with Crippen LogP contribution in [0.4, 0.5) is 0 Å². The predicted molar refractivity (Wildman–Crippen MR) is 149 cm³/mol. The topological polar surface area (TPSA) is 79.8 Å². The van der Waals surface area contributed by atoms with Crippen LogP contribution < -0.4 is 0 Å². The molecule has 1 saturated heterocycles. The summed E-state index contributed by atoms with van der Waals surface area (Å²) in [6, 6.07) is 20.5. The number of fused-ring (bicyclic) bond motifs is 1. The maximum Gasteiger partial charge on any atom is 0.245 e. The second-order valence-corrected chi connectivity index (χ2v) is 12.4. The average molecular weight is 550 g/mol. The van der Waals surface area contributed by atoms with Gasteiger partial charge in [-0.1, -0.05) is 48.5 Å². The Hall–Kier alpha value is -3.11. The van der Waals surface area contributed by atoms with Crippen molar-refractivity contribution in [1.82, 2.24) is 14.2 Å². The van der Waals surface area contributed by atoms with Gasteiger partial charge in [-0.2, -0.15) is 4.31 Å². The Labute approximate surface area is 227 Å². The zero-order valence-electron chi connectivity index (χ0n) is 21.3. The van der Waals surface area contributed by atoms with Crippen molar-refractivity contribution >= 4 is 38.2 Å². The van der Waals surface area contributed by atoms with Crippen molar-refractivity contribution in [3.05, 3.63) is 94.3 Å². The van der Waals surface area contributed by atoms with Crippen molar-refractivity contribution in [2.45, 2.75) is 43.9 Å². The second-order valence-electron chi connectivity index (χ2n) is 9.53. The third kappa shape index (κ3) is 5.96. The van der Waals surface area contributed by atoms with E-state index in [1.54, 1.807) is 40.6 Å². The van der Waals surface area contributed by atoms with Gasteiger partial charge in [-0.15, -0.1) is 11.3 Å². The molecule has 198 valence electrons. The van der Waals surface area contributed by atoms with Crippen molar-refractivity contribution < 1.29 is 17.9 Å². The number of aromatic nitrogens is 1. The molecule has 1 unspecified atom stereocenters. The number of sulfonamides is 1. The van der Waals surface area contributed by atoms with Gasteiger partial charge in [0.05, 0.1) is 24.7 Å². The molecule has 0 aliphatic carbocycles. The molecule has 9 heteroatoms. The molecule has 1 fully saturated rings. The van der Waals surface area contributed by atoms with Gasteiger partial charge in [-0.05, 0) is 54.5 Å². The van der Waals surface area contributed by atoms with Crippen molar-refractivity contribution in [2.75, 3.05) is 19.7 Å². The highest BCUT2D eigenvalue weighted by Gasteiger charge is 2.33. The second kappa shape index (κ2) is 11.7. The fourth-order valence-corrected chi connectivity index (χ4v) is 7.22. The molecule has 2 aromatic carbocycles. The van der Waals surface area contributed by atoms with Crippen LogP contribution in [0.5, 0.6) is 0 Å². The minimum Gasteiger partial charge on any atom is -0.377 e. The Morgan fingerprint density at radius 1 is 1.05 bits per heavy atom. The zero-order valence-corrected chi connectivity index (χ0v) is 23.0. The Bertz CT molecular complexity index is 1490. The van der Waals surface area contributed by atoms with E-state index in [0.29, 0.717) is 25.2 Å². The summed E-state index contributed by atoms with van der Waals surface area (Å²) >= 11 is 1.60. The van der Waals surface area contributed by atoms with Crippen molar-refractivity contribution in [3.63, 3.8) is 0 Å². The number of benzene rings is 2. The number of amides is 1. The number of aryl methyl sites for hydroxylation is 1. The summed E-state index contributed by atoms with van der Waals surface area (Å²) in [4.78, 5) is 21.2. The predicted octanol–water partition coefficient (Wildman–Crippen LogP) is 5.00. The lowest BCUT2D eigenvalue weighted by Gasteiger charge is -2.29. The molecule has 7 nitrogen and oxygen atoms in total. The number of rotatable bonds is 10. The highest BCUT2D eigenvalue weighted by atomic mass is 32.2. The van der Waals surface area contributed by atoms with E-state index in [-0.39, 0.29) is 30.0 Å². The normalized spacial score (nSPS) is 15.8. The molecule has 3 heterocycles. The molecular weight excluding hydrogens is 518 g/mol. The number of carbonyl (C=O) groups excluding carboxylic acids is 1. The van der Waals surface area contributed by atoms with E-state index in [1.807, 2.05) is 60.8 Å². The van der Waals surface area contributed by atoms with E-state index in [2.05, 4.69) is 4.98 Å². The summed E-state index contributed by atoms with van der Waals surface area (Å²) < 4.78 is 35.2. The molecule has 38 heavy (non-hydrogen) atoms. The average Bonchev–Trinajstić information content (AvgIpc) is 3.59. The minimum atomic E-state index is -4.04. The zero-order chi connectivity index (χ0) is 26.5. The molecule has 5 rings (SSSR count). The van der Waals surface area contributed by atoms with Crippen LogP contribution in [0.1, 0.15) is 28.8 Å². The Kier molecular flexibility index (Phi) is 8.18. The highest BCUT2D eigenvalue weighted by Crippen LogP contribution is 2.26. The molecule has 0 radical (unpaired) electrons. The number of pyridine rings is 1. The number of thiophene rings is 1. The summed E-state index contributed by atoms with van der Waals surface area (Å²) in [5.41, 5.74) is 2.50. The number of para-hydroxylation sites is 1. The molecule has 4 aromatic rings. The quantitative estimate of drug-likeness (QED) is 0.278.